The van der Waals surface area contributed by atoms with Crippen LogP contribution < -0.4 is 5.32 Å². The fraction of sp³-hybridized carbons (Fsp3) is 0.417. The fourth-order valence-corrected chi connectivity index (χ4v) is 1.95. The molecule has 7 heteroatoms. The zero-order valence-electron chi connectivity index (χ0n) is 10.3. The molecule has 1 aromatic rings. The molecule has 1 aliphatic rings. The first kappa shape index (κ1) is 15.6. The number of carbonyl (C=O) groups is 1. The molecule has 0 spiro atoms. The standard InChI is InChI=1S/C12H12F3NO2.ClH/c1-12(2)5-18-11(17)16-10(12)6-3-8(14)9(15)4-7(6)13;/h3-4,10H,5H2,1-2H3,(H,16,17);1H/t10-;/m1./s1. The molecule has 1 fully saturated rings. The van der Waals surface area contributed by atoms with E-state index < -0.39 is 35.0 Å². The molecule has 0 unspecified atom stereocenters. The van der Waals surface area contributed by atoms with Gasteiger partial charge in [0.05, 0.1) is 6.04 Å². The van der Waals surface area contributed by atoms with Gasteiger partial charge in [0.15, 0.2) is 11.6 Å². The number of hydrogen-bond acceptors (Lipinski definition) is 2. The van der Waals surface area contributed by atoms with Gasteiger partial charge in [0.1, 0.15) is 12.4 Å². The van der Waals surface area contributed by atoms with Crippen LogP contribution in [-0.4, -0.2) is 12.7 Å². The number of amides is 1. The van der Waals surface area contributed by atoms with Crippen molar-refractivity contribution in [3.05, 3.63) is 35.1 Å². The summed E-state index contributed by atoms with van der Waals surface area (Å²) in [6.07, 6.45) is -0.705. The molecule has 1 N–H and O–H groups in total. The average molecular weight is 296 g/mol. The third-order valence-electron chi connectivity index (χ3n) is 2.97. The third-order valence-corrected chi connectivity index (χ3v) is 2.97. The minimum atomic E-state index is -1.26. The minimum absolute atomic E-state index is 0. The summed E-state index contributed by atoms with van der Waals surface area (Å²) in [5, 5.41) is 2.42. The highest BCUT2D eigenvalue weighted by Crippen LogP contribution is 2.37. The fourth-order valence-electron chi connectivity index (χ4n) is 1.95. The number of cyclic esters (lactones) is 1. The van der Waals surface area contributed by atoms with Crippen LogP contribution in [-0.2, 0) is 4.74 Å². The lowest BCUT2D eigenvalue weighted by molar-refractivity contribution is 0.0376. The second kappa shape index (κ2) is 5.28. The van der Waals surface area contributed by atoms with E-state index in [9.17, 15) is 18.0 Å². The van der Waals surface area contributed by atoms with Crippen LogP contribution in [0.4, 0.5) is 18.0 Å². The SMILES string of the molecule is CC1(C)COC(=O)N[C@@H]1c1cc(F)c(F)cc1F.Cl. The molecule has 0 aliphatic carbocycles. The monoisotopic (exact) mass is 295 g/mol. The molecule has 1 saturated heterocycles. The van der Waals surface area contributed by atoms with Gasteiger partial charge < -0.3 is 10.1 Å². The van der Waals surface area contributed by atoms with Crippen LogP contribution in [0.25, 0.3) is 0 Å². The van der Waals surface area contributed by atoms with Crippen molar-refractivity contribution in [3.63, 3.8) is 0 Å². The average Bonchev–Trinajstić information content (AvgIpc) is 2.27. The Morgan fingerprint density at radius 3 is 2.42 bits per heavy atom. The largest absolute Gasteiger partial charge is 0.449 e. The topological polar surface area (TPSA) is 38.3 Å². The number of alkyl carbamates (subject to hydrolysis) is 1. The lowest BCUT2D eigenvalue weighted by Crippen LogP contribution is -2.47. The van der Waals surface area contributed by atoms with Crippen LogP contribution in [0.2, 0.25) is 0 Å². The van der Waals surface area contributed by atoms with Crippen LogP contribution in [0.1, 0.15) is 25.5 Å². The summed E-state index contributed by atoms with van der Waals surface area (Å²) in [7, 11) is 0. The summed E-state index contributed by atoms with van der Waals surface area (Å²) in [4.78, 5) is 11.2. The molecule has 106 valence electrons. The molecule has 3 nitrogen and oxygen atoms in total. The van der Waals surface area contributed by atoms with Crippen molar-refractivity contribution in [3.8, 4) is 0 Å². The van der Waals surface area contributed by atoms with Gasteiger partial charge in [0.2, 0.25) is 0 Å². The van der Waals surface area contributed by atoms with Crippen molar-refractivity contribution in [2.75, 3.05) is 6.61 Å². The first-order valence-corrected chi connectivity index (χ1v) is 5.39. The molecule has 0 bridgehead atoms. The molecule has 0 aromatic heterocycles. The number of carbonyl (C=O) groups excluding carboxylic acids is 1. The molecule has 2 rings (SSSR count). The quantitative estimate of drug-likeness (QED) is 0.807. The van der Waals surface area contributed by atoms with E-state index in [1.54, 1.807) is 13.8 Å². The Balaban J connectivity index is 0.00000180. The molecule has 1 heterocycles. The van der Waals surface area contributed by atoms with Crippen LogP contribution in [0, 0.1) is 22.9 Å². The summed E-state index contributed by atoms with van der Waals surface area (Å²) in [5.41, 5.74) is -0.713. The first-order valence-electron chi connectivity index (χ1n) is 5.39. The van der Waals surface area contributed by atoms with Crippen molar-refractivity contribution in [1.29, 1.82) is 0 Å². The van der Waals surface area contributed by atoms with Crippen molar-refractivity contribution in [1.82, 2.24) is 5.32 Å². The number of halogens is 4. The van der Waals surface area contributed by atoms with E-state index in [-0.39, 0.29) is 24.6 Å². The van der Waals surface area contributed by atoms with Crippen LogP contribution >= 0.6 is 12.4 Å². The van der Waals surface area contributed by atoms with Gasteiger partial charge in [-0.15, -0.1) is 12.4 Å². The molecule has 1 atom stereocenters. The maximum Gasteiger partial charge on any atom is 0.407 e. The van der Waals surface area contributed by atoms with Crippen molar-refractivity contribution >= 4 is 18.5 Å². The normalized spacial score (nSPS) is 21.1. The zero-order valence-corrected chi connectivity index (χ0v) is 11.1. The van der Waals surface area contributed by atoms with Crippen LogP contribution in [0.3, 0.4) is 0 Å². The number of nitrogens with one attached hydrogen (secondary N) is 1. The minimum Gasteiger partial charge on any atom is -0.449 e. The Kier molecular flexibility index (Phi) is 4.35. The maximum absolute atomic E-state index is 13.7. The van der Waals surface area contributed by atoms with Gasteiger partial charge >= 0.3 is 6.09 Å². The zero-order chi connectivity index (χ0) is 13.5. The second-order valence-corrected chi connectivity index (χ2v) is 4.93. The highest BCUT2D eigenvalue weighted by Gasteiger charge is 2.39. The van der Waals surface area contributed by atoms with Crippen LogP contribution in [0.15, 0.2) is 12.1 Å². The Bertz CT molecular complexity index is 508. The summed E-state index contributed by atoms with van der Waals surface area (Å²) in [6.45, 7) is 3.54. The molecule has 0 radical (unpaired) electrons. The van der Waals surface area contributed by atoms with Gasteiger partial charge in [-0.3, -0.25) is 0 Å². The maximum atomic E-state index is 13.7. The Hall–Kier alpha value is -1.43. The lowest BCUT2D eigenvalue weighted by atomic mass is 9.80. The summed E-state index contributed by atoms with van der Waals surface area (Å²) in [5.74, 6) is -3.30. The van der Waals surface area contributed by atoms with Gasteiger partial charge in [-0.05, 0) is 6.07 Å². The van der Waals surface area contributed by atoms with Crippen molar-refractivity contribution in [2.45, 2.75) is 19.9 Å². The molecular formula is C12H13ClF3NO2. The van der Waals surface area contributed by atoms with Gasteiger partial charge in [-0.1, -0.05) is 13.8 Å². The number of ether oxygens (including phenoxy) is 1. The lowest BCUT2D eigenvalue weighted by Gasteiger charge is -2.38. The third kappa shape index (κ3) is 2.94. The highest BCUT2D eigenvalue weighted by molar-refractivity contribution is 5.85. The summed E-state index contributed by atoms with van der Waals surface area (Å²) >= 11 is 0. The Labute approximate surface area is 114 Å². The van der Waals surface area contributed by atoms with Crippen LogP contribution in [0.5, 0.6) is 0 Å². The second-order valence-electron chi connectivity index (χ2n) is 4.93. The van der Waals surface area contributed by atoms with Crippen molar-refractivity contribution < 1.29 is 22.7 Å². The van der Waals surface area contributed by atoms with E-state index in [2.05, 4.69) is 5.32 Å². The van der Waals surface area contributed by atoms with E-state index in [1.807, 2.05) is 0 Å². The van der Waals surface area contributed by atoms with Gasteiger partial charge in [0, 0.05) is 17.0 Å². The summed E-state index contributed by atoms with van der Waals surface area (Å²) < 4.78 is 44.5. The number of benzene rings is 1. The predicted molar refractivity (Wildman–Crippen MR) is 64.6 cm³/mol. The van der Waals surface area contributed by atoms with E-state index in [0.29, 0.717) is 6.07 Å². The molecule has 0 saturated carbocycles. The van der Waals surface area contributed by atoms with E-state index >= 15 is 0 Å². The molecule has 19 heavy (non-hydrogen) atoms. The van der Waals surface area contributed by atoms with Gasteiger partial charge in [-0.25, -0.2) is 18.0 Å². The molecule has 1 amide bonds. The summed E-state index contributed by atoms with van der Waals surface area (Å²) in [6, 6.07) is 0.472. The van der Waals surface area contributed by atoms with Crippen molar-refractivity contribution in [2.24, 2.45) is 5.41 Å². The van der Waals surface area contributed by atoms with E-state index in [1.165, 1.54) is 0 Å². The number of rotatable bonds is 1. The smallest absolute Gasteiger partial charge is 0.407 e. The molecule has 1 aromatic carbocycles. The molecule has 1 aliphatic heterocycles. The molecular weight excluding hydrogens is 283 g/mol. The highest BCUT2D eigenvalue weighted by atomic mass is 35.5. The Morgan fingerprint density at radius 2 is 1.79 bits per heavy atom. The number of hydrogen-bond donors (Lipinski definition) is 1. The predicted octanol–water partition coefficient (Wildman–Crippen LogP) is 3.33. The first-order chi connectivity index (χ1) is 8.31. The van der Waals surface area contributed by atoms with E-state index in [4.69, 9.17) is 4.74 Å². The Morgan fingerprint density at radius 1 is 1.21 bits per heavy atom. The van der Waals surface area contributed by atoms with Gasteiger partial charge in [-0.2, -0.15) is 0 Å². The van der Waals surface area contributed by atoms with Gasteiger partial charge in [0.25, 0.3) is 0 Å². The van der Waals surface area contributed by atoms with E-state index in [0.717, 1.165) is 6.07 Å².